The van der Waals surface area contributed by atoms with Crippen LogP contribution in [0.25, 0.3) is 11.4 Å². The number of aryl methyl sites for hydroxylation is 1. The van der Waals surface area contributed by atoms with Crippen LogP contribution in [0.15, 0.2) is 29.4 Å². The Morgan fingerprint density at radius 3 is 2.35 bits per heavy atom. The number of nitrogen functional groups attached to an aromatic ring is 1. The summed E-state index contributed by atoms with van der Waals surface area (Å²) in [5.41, 5.74) is 2.04. The number of carbonyl (C=O) groups excluding carboxylic acids is 1. The third-order valence-corrected chi connectivity index (χ3v) is 4.71. The molecule has 1 aromatic heterocycles. The van der Waals surface area contributed by atoms with Gasteiger partial charge in [0.1, 0.15) is 0 Å². The van der Waals surface area contributed by atoms with Crippen molar-refractivity contribution in [2.24, 2.45) is 0 Å². The third kappa shape index (κ3) is 5.45. The van der Waals surface area contributed by atoms with E-state index in [-0.39, 0.29) is 11.7 Å². The van der Waals surface area contributed by atoms with Crippen molar-refractivity contribution in [3.63, 3.8) is 0 Å². The molecule has 0 aliphatic rings. The van der Waals surface area contributed by atoms with Crippen molar-refractivity contribution in [3.8, 4) is 11.4 Å². The summed E-state index contributed by atoms with van der Waals surface area (Å²) in [5.74, 6) is 6.86. The molecule has 0 bridgehead atoms. The Bertz CT molecular complexity index is 697. The second-order valence-electron chi connectivity index (χ2n) is 5.70. The van der Waals surface area contributed by atoms with E-state index in [2.05, 4.69) is 10.2 Å². The van der Waals surface area contributed by atoms with E-state index in [1.165, 1.54) is 16.4 Å². The van der Waals surface area contributed by atoms with Crippen LogP contribution in [0.3, 0.4) is 0 Å². The van der Waals surface area contributed by atoms with Gasteiger partial charge in [-0.05, 0) is 6.92 Å². The topological polar surface area (TPSA) is 95.5 Å². The number of nitrogens with two attached hydrogens (primary N) is 1. The third-order valence-electron chi connectivity index (χ3n) is 3.78. The van der Waals surface area contributed by atoms with E-state index in [9.17, 15) is 4.79 Å². The van der Waals surface area contributed by atoms with E-state index >= 15 is 0 Å². The van der Waals surface area contributed by atoms with Crippen molar-refractivity contribution < 1.29 is 14.3 Å². The summed E-state index contributed by atoms with van der Waals surface area (Å²) in [7, 11) is 3.22. The average Bonchev–Trinajstić information content (AvgIpc) is 3.01. The molecule has 26 heavy (non-hydrogen) atoms. The molecule has 0 radical (unpaired) electrons. The number of aromatic nitrogens is 3. The lowest BCUT2D eigenvalue weighted by molar-refractivity contribution is -0.129. The Labute approximate surface area is 157 Å². The second kappa shape index (κ2) is 10.1. The largest absolute Gasteiger partial charge is 0.383 e. The smallest absolute Gasteiger partial charge is 0.233 e. The van der Waals surface area contributed by atoms with Gasteiger partial charge in [0.05, 0.1) is 19.0 Å². The van der Waals surface area contributed by atoms with Gasteiger partial charge < -0.3 is 20.2 Å². The molecule has 0 aliphatic heterocycles. The van der Waals surface area contributed by atoms with Crippen LogP contribution in [0.5, 0.6) is 0 Å². The molecule has 2 aromatic rings. The number of amides is 1. The first-order valence-corrected chi connectivity index (χ1v) is 9.21. The Kier molecular flexibility index (Phi) is 7.89. The molecule has 0 unspecified atom stereocenters. The van der Waals surface area contributed by atoms with Gasteiger partial charge in [-0.2, -0.15) is 0 Å². The maximum absolute atomic E-state index is 12.4. The van der Waals surface area contributed by atoms with Gasteiger partial charge in [-0.25, -0.2) is 4.68 Å². The fourth-order valence-corrected chi connectivity index (χ4v) is 3.02. The summed E-state index contributed by atoms with van der Waals surface area (Å²) in [6, 6.07) is 7.87. The zero-order valence-electron chi connectivity index (χ0n) is 15.3. The van der Waals surface area contributed by atoms with E-state index in [1.807, 2.05) is 31.2 Å². The van der Waals surface area contributed by atoms with Gasteiger partial charge >= 0.3 is 0 Å². The minimum atomic E-state index is -0.0241. The molecule has 9 heteroatoms. The fourth-order valence-electron chi connectivity index (χ4n) is 2.26. The van der Waals surface area contributed by atoms with E-state index in [1.54, 1.807) is 19.1 Å². The van der Waals surface area contributed by atoms with Crippen molar-refractivity contribution >= 4 is 17.7 Å². The van der Waals surface area contributed by atoms with Crippen LogP contribution < -0.4 is 5.84 Å². The maximum Gasteiger partial charge on any atom is 0.233 e. The number of hydrogen-bond acceptors (Lipinski definition) is 7. The molecular formula is C17H25N5O3S. The van der Waals surface area contributed by atoms with Gasteiger partial charge in [-0.15, -0.1) is 10.2 Å². The highest BCUT2D eigenvalue weighted by molar-refractivity contribution is 7.99. The molecule has 8 nitrogen and oxygen atoms in total. The summed E-state index contributed by atoms with van der Waals surface area (Å²) in [6.07, 6.45) is 0. The van der Waals surface area contributed by atoms with Crippen LogP contribution in [-0.4, -0.2) is 72.0 Å². The lowest BCUT2D eigenvalue weighted by Crippen LogP contribution is -2.37. The van der Waals surface area contributed by atoms with Crippen molar-refractivity contribution in [2.45, 2.75) is 12.1 Å². The summed E-state index contributed by atoms with van der Waals surface area (Å²) in [4.78, 5) is 14.2. The van der Waals surface area contributed by atoms with Crippen LogP contribution >= 0.6 is 11.8 Å². The Balaban J connectivity index is 1.99. The summed E-state index contributed by atoms with van der Waals surface area (Å²) < 4.78 is 11.5. The average molecular weight is 379 g/mol. The van der Waals surface area contributed by atoms with E-state index in [0.717, 1.165) is 11.1 Å². The summed E-state index contributed by atoms with van der Waals surface area (Å²) in [5, 5.41) is 8.73. The summed E-state index contributed by atoms with van der Waals surface area (Å²) in [6.45, 7) is 4.00. The standard InChI is InChI=1S/C17H25N5O3S/c1-13-4-6-14(7-5-13)16-19-20-17(22(16)18)26-12-15(23)21(8-10-24-2)9-11-25-3/h4-7H,8-12,18H2,1-3H3. The Morgan fingerprint density at radius 2 is 1.77 bits per heavy atom. The first-order valence-electron chi connectivity index (χ1n) is 8.22. The molecule has 1 amide bonds. The van der Waals surface area contributed by atoms with Crippen molar-refractivity contribution in [1.82, 2.24) is 19.8 Å². The quantitative estimate of drug-likeness (QED) is 0.489. The van der Waals surface area contributed by atoms with Gasteiger partial charge in [0.15, 0.2) is 5.82 Å². The monoisotopic (exact) mass is 379 g/mol. The maximum atomic E-state index is 12.4. The number of ether oxygens (including phenoxy) is 2. The zero-order valence-corrected chi connectivity index (χ0v) is 16.2. The minimum Gasteiger partial charge on any atom is -0.383 e. The lowest BCUT2D eigenvalue weighted by Gasteiger charge is -2.21. The van der Waals surface area contributed by atoms with Crippen molar-refractivity contribution in [1.29, 1.82) is 0 Å². The number of rotatable bonds is 10. The van der Waals surface area contributed by atoms with Crippen LogP contribution in [-0.2, 0) is 14.3 Å². The molecule has 0 spiro atoms. The molecule has 0 saturated heterocycles. The normalized spacial score (nSPS) is 10.9. The molecule has 2 rings (SSSR count). The number of methoxy groups -OCH3 is 2. The highest BCUT2D eigenvalue weighted by atomic mass is 32.2. The lowest BCUT2D eigenvalue weighted by atomic mass is 10.1. The van der Waals surface area contributed by atoms with Crippen molar-refractivity contribution in [3.05, 3.63) is 29.8 Å². The van der Waals surface area contributed by atoms with Gasteiger partial charge in [0, 0.05) is 32.9 Å². The number of thioether (sulfide) groups is 1. The van der Waals surface area contributed by atoms with Crippen LogP contribution in [0, 0.1) is 6.92 Å². The van der Waals surface area contributed by atoms with Gasteiger partial charge in [-0.1, -0.05) is 41.6 Å². The Hall–Kier alpha value is -2.10. The SMILES string of the molecule is COCCN(CCOC)C(=O)CSc1nnc(-c2ccc(C)cc2)n1N. The van der Waals surface area contributed by atoms with Crippen LogP contribution in [0.1, 0.15) is 5.56 Å². The van der Waals surface area contributed by atoms with Crippen molar-refractivity contribution in [2.75, 3.05) is 52.1 Å². The highest BCUT2D eigenvalue weighted by Crippen LogP contribution is 2.22. The van der Waals surface area contributed by atoms with Gasteiger partial charge in [-0.3, -0.25) is 4.79 Å². The molecule has 1 aromatic carbocycles. The molecule has 0 aliphatic carbocycles. The van der Waals surface area contributed by atoms with Crippen LogP contribution in [0.4, 0.5) is 0 Å². The fraction of sp³-hybridized carbons (Fsp3) is 0.471. The van der Waals surface area contributed by atoms with Crippen LogP contribution in [0.2, 0.25) is 0 Å². The number of carbonyl (C=O) groups is 1. The molecular weight excluding hydrogens is 354 g/mol. The van der Waals surface area contributed by atoms with Gasteiger partial charge in [0.25, 0.3) is 0 Å². The van der Waals surface area contributed by atoms with E-state index in [0.29, 0.717) is 37.3 Å². The number of hydrogen-bond donors (Lipinski definition) is 1. The van der Waals surface area contributed by atoms with E-state index in [4.69, 9.17) is 15.3 Å². The number of benzene rings is 1. The highest BCUT2D eigenvalue weighted by Gasteiger charge is 2.17. The zero-order chi connectivity index (χ0) is 18.9. The van der Waals surface area contributed by atoms with E-state index < -0.39 is 0 Å². The minimum absolute atomic E-state index is 0.0241. The molecule has 142 valence electrons. The predicted molar refractivity (Wildman–Crippen MR) is 101 cm³/mol. The first kappa shape index (κ1) is 20.2. The molecule has 0 atom stereocenters. The summed E-state index contributed by atoms with van der Waals surface area (Å²) >= 11 is 1.26. The first-order chi connectivity index (χ1) is 12.6. The molecule has 2 N–H and O–H groups in total. The van der Waals surface area contributed by atoms with Gasteiger partial charge in [0.2, 0.25) is 11.1 Å². The second-order valence-corrected chi connectivity index (χ2v) is 6.64. The number of nitrogens with zero attached hydrogens (tertiary/aromatic N) is 4. The molecule has 0 fully saturated rings. The molecule has 0 saturated carbocycles. The Morgan fingerprint density at radius 1 is 1.15 bits per heavy atom. The predicted octanol–water partition coefficient (Wildman–Crippen LogP) is 1.18. The molecule has 1 heterocycles.